The minimum Gasteiger partial charge on any atom is -0.489 e. The number of amides is 3. The lowest BCUT2D eigenvalue weighted by molar-refractivity contribution is -0.164. The highest BCUT2D eigenvalue weighted by molar-refractivity contribution is 7.13. The van der Waals surface area contributed by atoms with Crippen LogP contribution >= 0.6 is 11.3 Å². The average molecular weight is 978 g/mol. The van der Waals surface area contributed by atoms with Crippen LogP contribution in [0.1, 0.15) is 101 Å². The molecular weight excluding hydrogens is 907 g/mol. The summed E-state index contributed by atoms with van der Waals surface area (Å²) in [6.07, 6.45) is -0.442. The number of likely N-dealkylation sites (tertiary alicyclic amines) is 1. The van der Waals surface area contributed by atoms with Crippen LogP contribution in [0.5, 0.6) is 5.75 Å². The highest BCUT2D eigenvalue weighted by atomic mass is 32.1. The number of nitrogens with zero attached hydrogens (tertiary/aromatic N) is 6. The van der Waals surface area contributed by atoms with Gasteiger partial charge in [0.15, 0.2) is 0 Å². The Kier molecular flexibility index (Phi) is 16.1. The molecule has 5 N–H and O–H groups in total. The van der Waals surface area contributed by atoms with Crippen molar-refractivity contribution in [2.75, 3.05) is 57.4 Å². The molecule has 2 aromatic carbocycles. The number of ether oxygens (including phenoxy) is 2. The number of aromatic nitrogens is 2. The van der Waals surface area contributed by atoms with E-state index in [2.05, 4.69) is 69.5 Å². The number of aryl methyl sites for hydroxylation is 2. The molecule has 5 atom stereocenters. The second kappa shape index (κ2) is 21.5. The van der Waals surface area contributed by atoms with Gasteiger partial charge in [0.05, 0.1) is 64.1 Å². The Balaban J connectivity index is 0.830. The van der Waals surface area contributed by atoms with Crippen molar-refractivity contribution in [2.45, 2.75) is 118 Å². The van der Waals surface area contributed by atoms with Crippen molar-refractivity contribution in [1.82, 2.24) is 35.7 Å². The summed E-state index contributed by atoms with van der Waals surface area (Å²) in [6.45, 7) is 23.8. The molecule has 16 nitrogen and oxygen atoms in total. The van der Waals surface area contributed by atoms with E-state index in [1.807, 2.05) is 95.6 Å². The van der Waals surface area contributed by atoms with Crippen LogP contribution in [0, 0.1) is 41.4 Å². The van der Waals surface area contributed by atoms with Gasteiger partial charge in [-0.15, -0.1) is 11.3 Å². The zero-order chi connectivity index (χ0) is 50.7. The van der Waals surface area contributed by atoms with Gasteiger partial charge in [-0.05, 0) is 79.6 Å². The molecule has 2 saturated heterocycles. The summed E-state index contributed by atoms with van der Waals surface area (Å²) in [5, 5.41) is 41.1. The van der Waals surface area contributed by atoms with Gasteiger partial charge < -0.3 is 40.5 Å². The second-order valence-corrected chi connectivity index (χ2v) is 22.3. The maximum atomic E-state index is 13.7. The smallest absolute Gasteiger partial charge is 0.253 e. The Morgan fingerprint density at radius 1 is 0.971 bits per heavy atom. The number of thiazole rings is 1. The summed E-state index contributed by atoms with van der Waals surface area (Å²) in [5.41, 5.74) is 5.43. The number of hydrogen-bond acceptors (Lipinski definition) is 14. The fraction of sp³-hybridized carbons (Fsp3) is 0.547. The van der Waals surface area contributed by atoms with E-state index < -0.39 is 29.8 Å². The summed E-state index contributed by atoms with van der Waals surface area (Å²) < 4.78 is 12.3. The van der Waals surface area contributed by atoms with E-state index in [-0.39, 0.29) is 66.3 Å². The molecule has 4 aromatic rings. The first-order valence-electron chi connectivity index (χ1n) is 24.3. The number of benzene rings is 2. The van der Waals surface area contributed by atoms with Crippen molar-refractivity contribution in [1.29, 1.82) is 5.26 Å². The quantitative estimate of drug-likeness (QED) is 0.0818. The van der Waals surface area contributed by atoms with E-state index in [1.54, 1.807) is 28.5 Å². The van der Waals surface area contributed by atoms with Gasteiger partial charge in [0, 0.05) is 62.3 Å². The Labute approximate surface area is 416 Å². The number of β-amino-alcohol motifs (C(OH)–C–C–N with tert-alkyl or cyclic N) is 1. The van der Waals surface area contributed by atoms with Gasteiger partial charge >= 0.3 is 0 Å². The number of carbonyl (C=O) groups is 3. The lowest BCUT2D eigenvalue weighted by Gasteiger charge is -2.63. The normalized spacial score (nSPS) is 22.5. The van der Waals surface area contributed by atoms with Crippen LogP contribution in [0.2, 0.25) is 0 Å². The van der Waals surface area contributed by atoms with E-state index in [9.17, 15) is 29.9 Å². The first-order chi connectivity index (χ1) is 33.1. The molecule has 1 saturated carbocycles. The topological polar surface area (TPSA) is 206 Å². The lowest BCUT2D eigenvalue weighted by atomic mass is 9.49. The first kappa shape index (κ1) is 52.3. The molecule has 0 spiro atoms. The number of piperazine rings is 1. The van der Waals surface area contributed by atoms with Crippen LogP contribution in [0.4, 0.5) is 5.82 Å². The number of carbonyl (C=O) groups excluding carboxylic acids is 3. The van der Waals surface area contributed by atoms with Crippen LogP contribution in [0.3, 0.4) is 0 Å². The van der Waals surface area contributed by atoms with Gasteiger partial charge in [-0.1, -0.05) is 72.7 Å². The minimum absolute atomic E-state index is 0.0833. The van der Waals surface area contributed by atoms with Gasteiger partial charge in [-0.25, -0.2) is 9.97 Å². The third kappa shape index (κ3) is 11.6. The fourth-order valence-electron chi connectivity index (χ4n) is 10.7. The number of nitrogens with one attached hydrogen (secondary N) is 3. The average Bonchev–Trinajstić information content (AvgIpc) is 3.95. The van der Waals surface area contributed by atoms with E-state index >= 15 is 0 Å². The second-order valence-electron chi connectivity index (χ2n) is 21.5. The van der Waals surface area contributed by atoms with Crippen LogP contribution in [-0.2, 0) is 14.3 Å². The largest absolute Gasteiger partial charge is 0.489 e. The fourth-order valence-corrected chi connectivity index (χ4v) is 11.5. The van der Waals surface area contributed by atoms with Crippen molar-refractivity contribution in [3.8, 4) is 22.3 Å². The van der Waals surface area contributed by atoms with Gasteiger partial charge in [-0.2, -0.15) is 5.26 Å². The van der Waals surface area contributed by atoms with E-state index in [0.717, 1.165) is 59.3 Å². The minimum atomic E-state index is -1.25. The summed E-state index contributed by atoms with van der Waals surface area (Å²) in [7, 11) is 0. The van der Waals surface area contributed by atoms with E-state index in [4.69, 9.17) is 9.47 Å². The molecule has 3 amide bonds. The molecule has 0 bridgehead atoms. The molecule has 17 heteroatoms. The van der Waals surface area contributed by atoms with Gasteiger partial charge in [0.1, 0.15) is 30.5 Å². The van der Waals surface area contributed by atoms with E-state index in [1.165, 1.54) is 0 Å². The predicted octanol–water partition coefficient (Wildman–Crippen LogP) is 5.61. The van der Waals surface area contributed by atoms with Crippen molar-refractivity contribution in [3.63, 3.8) is 0 Å². The summed E-state index contributed by atoms with van der Waals surface area (Å²) in [5.74, 6) is 0.626. The third-order valence-corrected chi connectivity index (χ3v) is 15.4. The van der Waals surface area contributed by atoms with Crippen molar-refractivity contribution in [2.24, 2.45) is 16.2 Å². The Morgan fingerprint density at radius 2 is 1.67 bits per heavy atom. The standard InChI is InChI=1S/C53H71N9O7S/c1-32-25-40(17-15-37(32)27-54)69-50-52(7,8)49(53(50,9)10)59-46(65)38-16-18-42(55-28-38)61-21-19-60(20-22-61)23-24-68-30-43(64)58-45(51(4,5)6)48(67)62-29-39(63)26-41(62)47(66)57-33(2)35-11-13-36(14-12-35)44-34(3)56-31-70-44/h11-18,25,28,31,33,39,41,45,48-50,63,67H,19-24,26,29-30H2,1-10H3,(H,57,66)(H,58,64)(H,59,65)/t33-,39+,41-,45+,48?,49?,50?/m0/s1. The molecule has 70 heavy (non-hydrogen) atoms. The highest BCUT2D eigenvalue weighted by Crippen LogP contribution is 2.55. The Bertz CT molecular complexity index is 2490. The molecule has 3 aliphatic rings. The number of hydrogen-bond donors (Lipinski definition) is 5. The maximum absolute atomic E-state index is 13.7. The van der Waals surface area contributed by atoms with Gasteiger partial charge in [-0.3, -0.25) is 24.2 Å². The molecule has 1 unspecified atom stereocenters. The molecule has 0 radical (unpaired) electrons. The molecule has 376 valence electrons. The zero-order valence-electron chi connectivity index (χ0n) is 42.3. The Morgan fingerprint density at radius 3 is 2.27 bits per heavy atom. The number of pyridine rings is 1. The van der Waals surface area contributed by atoms with Crippen molar-refractivity contribution in [3.05, 3.63) is 94.3 Å². The van der Waals surface area contributed by atoms with Crippen molar-refractivity contribution < 1.29 is 34.1 Å². The Hall–Kier alpha value is -5.48. The van der Waals surface area contributed by atoms with Crippen LogP contribution < -0.4 is 25.6 Å². The molecule has 3 fully saturated rings. The molecule has 4 heterocycles. The van der Waals surface area contributed by atoms with Gasteiger partial charge in [0.25, 0.3) is 5.91 Å². The SMILES string of the molecule is Cc1cc(OC2C(C)(C)C(NC(=O)c3ccc(N4CCN(CCOCC(=O)N[C@H](C(O)N5C[C@H](O)C[C@H]5C(=O)N[C@@H](C)c5ccc(-c6scnc6C)cc5)C(C)(C)C)CC4)nc3)C2(C)C)ccc1C#N. The number of nitriles is 1. The van der Waals surface area contributed by atoms with Gasteiger partial charge in [0.2, 0.25) is 11.8 Å². The molecule has 1 aliphatic carbocycles. The highest BCUT2D eigenvalue weighted by Gasteiger charge is 2.64. The van der Waals surface area contributed by atoms with Crippen LogP contribution in [0.25, 0.3) is 10.4 Å². The van der Waals surface area contributed by atoms with Crippen LogP contribution in [-0.4, -0.2) is 137 Å². The number of anilines is 1. The predicted molar refractivity (Wildman–Crippen MR) is 270 cm³/mol. The van der Waals surface area contributed by atoms with Crippen LogP contribution in [0.15, 0.2) is 66.3 Å². The summed E-state index contributed by atoms with van der Waals surface area (Å²) in [4.78, 5) is 56.7. The zero-order valence-corrected chi connectivity index (χ0v) is 43.1. The molecule has 2 aromatic heterocycles. The summed E-state index contributed by atoms with van der Waals surface area (Å²) >= 11 is 1.58. The number of aliphatic hydroxyl groups is 2. The molecule has 2 aliphatic heterocycles. The monoisotopic (exact) mass is 978 g/mol. The number of aliphatic hydroxyl groups excluding tert-OH is 2. The molecule has 7 rings (SSSR count). The number of rotatable bonds is 17. The summed E-state index contributed by atoms with van der Waals surface area (Å²) in [6, 6.07) is 17.4. The molecular formula is C53H71N9O7S. The maximum Gasteiger partial charge on any atom is 0.253 e. The first-order valence-corrected chi connectivity index (χ1v) is 25.2. The van der Waals surface area contributed by atoms with E-state index in [0.29, 0.717) is 30.0 Å². The third-order valence-electron chi connectivity index (χ3n) is 14.5. The lowest BCUT2D eigenvalue weighted by Crippen LogP contribution is -2.74. The van der Waals surface area contributed by atoms with Crippen molar-refractivity contribution >= 4 is 34.9 Å².